The van der Waals surface area contributed by atoms with Crippen LogP contribution in [0.2, 0.25) is 0 Å². The standard InChI is InChI=1S/C53H73FN8O6/c1-30(38-19-14-15-21-40(38)54)57-48(65)42-26-35-24-23-34(25-36(35)28-61(42)50(67)44(52(4,5)6)59-46(63)31(2)55-10)37-27-43(49(66)58-41-22-16-18-33-17-12-13-20-39(33)41)62(29-37)51(68)45(53(7,8)9)60-47(64)32(3)56-11/h12-15,17,19-21,23-25,30-32,37,41-45,55-56H,16,18,22,26-29H2,1-11H3,(H,57,65)(H,58,66)(H,59,63)(H,60,64)/t30-,31+,32+,37+,41-,42+,43+,44-,45-/m1/s1. The van der Waals surface area contributed by atoms with E-state index in [1.807, 2.05) is 77.9 Å². The first-order valence-electron chi connectivity index (χ1n) is 24.1. The largest absolute Gasteiger partial charge is 0.348 e. The molecule has 0 aromatic heterocycles. The van der Waals surface area contributed by atoms with Crippen molar-refractivity contribution in [1.82, 2.24) is 41.7 Å². The summed E-state index contributed by atoms with van der Waals surface area (Å²) in [4.78, 5) is 88.7. The topological polar surface area (TPSA) is 181 Å². The van der Waals surface area contributed by atoms with Crippen LogP contribution in [-0.4, -0.2) is 102 Å². The molecule has 368 valence electrons. The predicted octanol–water partition coefficient (Wildman–Crippen LogP) is 5.11. The normalized spacial score (nSPS) is 21.5. The van der Waals surface area contributed by atoms with Gasteiger partial charge in [0.25, 0.3) is 0 Å². The maximum absolute atomic E-state index is 15.0. The van der Waals surface area contributed by atoms with E-state index in [1.54, 1.807) is 58.0 Å². The van der Waals surface area contributed by atoms with Crippen molar-refractivity contribution in [3.05, 3.63) is 106 Å². The van der Waals surface area contributed by atoms with Gasteiger partial charge in [-0.15, -0.1) is 0 Å². The molecule has 6 rings (SSSR count). The molecule has 3 aromatic carbocycles. The number of halogens is 1. The van der Waals surface area contributed by atoms with E-state index in [9.17, 15) is 33.2 Å². The van der Waals surface area contributed by atoms with E-state index >= 15 is 0 Å². The SMILES string of the molecule is CN[C@@H](C)C(=O)N[C@H](C(=O)N1Cc2cc([C@H]3C[C@@H](C(=O)N[C@@H]4CCCc5ccccc54)N(C(=O)[C@@H](NC(=O)[C@H](C)NC)C(C)(C)C)C3)ccc2C[C@H]1C(=O)N[C@H](C)c1ccccc1F)C(C)(C)C. The van der Waals surface area contributed by atoms with Gasteiger partial charge in [0.2, 0.25) is 35.4 Å². The van der Waals surface area contributed by atoms with Crippen LogP contribution < -0.4 is 31.9 Å². The lowest BCUT2D eigenvalue weighted by atomic mass is 9.83. The van der Waals surface area contributed by atoms with Crippen LogP contribution in [0.3, 0.4) is 0 Å². The average Bonchev–Trinajstić information content (AvgIpc) is 3.76. The average molecular weight is 937 g/mol. The van der Waals surface area contributed by atoms with Gasteiger partial charge in [0.1, 0.15) is 30.0 Å². The predicted molar refractivity (Wildman–Crippen MR) is 260 cm³/mol. The van der Waals surface area contributed by atoms with Crippen LogP contribution in [0.15, 0.2) is 66.7 Å². The summed E-state index contributed by atoms with van der Waals surface area (Å²) < 4.78 is 14.9. The van der Waals surface area contributed by atoms with E-state index in [4.69, 9.17) is 0 Å². The summed E-state index contributed by atoms with van der Waals surface area (Å²) in [6.45, 7) is 16.6. The Labute approximate surface area is 401 Å². The van der Waals surface area contributed by atoms with Crippen molar-refractivity contribution in [2.45, 2.75) is 155 Å². The van der Waals surface area contributed by atoms with E-state index in [1.165, 1.54) is 16.5 Å². The minimum Gasteiger partial charge on any atom is -0.348 e. The van der Waals surface area contributed by atoms with Crippen LogP contribution in [0.25, 0.3) is 0 Å². The lowest BCUT2D eigenvalue weighted by Crippen LogP contribution is -2.62. The number of likely N-dealkylation sites (tertiary alicyclic amines) is 1. The van der Waals surface area contributed by atoms with Crippen molar-refractivity contribution in [3.63, 3.8) is 0 Å². The van der Waals surface area contributed by atoms with E-state index in [-0.39, 0.29) is 55.1 Å². The van der Waals surface area contributed by atoms with Gasteiger partial charge in [0.15, 0.2) is 0 Å². The van der Waals surface area contributed by atoms with Crippen LogP contribution in [0.4, 0.5) is 4.39 Å². The number of nitrogens with zero attached hydrogens (tertiary/aromatic N) is 2. The number of hydrogen-bond acceptors (Lipinski definition) is 8. The molecular weight excluding hydrogens is 864 g/mol. The van der Waals surface area contributed by atoms with Crippen molar-refractivity contribution < 1.29 is 33.2 Å². The van der Waals surface area contributed by atoms with Crippen molar-refractivity contribution in [1.29, 1.82) is 0 Å². The molecule has 3 aliphatic rings. The van der Waals surface area contributed by atoms with Crippen LogP contribution >= 0.6 is 0 Å². The number of hydrogen-bond donors (Lipinski definition) is 6. The molecule has 14 nitrogen and oxygen atoms in total. The Morgan fingerprint density at radius 3 is 1.87 bits per heavy atom. The monoisotopic (exact) mass is 937 g/mol. The third-order valence-electron chi connectivity index (χ3n) is 14.2. The van der Waals surface area contributed by atoms with E-state index in [0.717, 1.165) is 41.5 Å². The van der Waals surface area contributed by atoms with Crippen molar-refractivity contribution in [2.75, 3.05) is 20.6 Å². The molecule has 6 amide bonds. The zero-order valence-electron chi connectivity index (χ0n) is 41.7. The van der Waals surface area contributed by atoms with Gasteiger partial charge in [-0.05, 0) is 105 Å². The van der Waals surface area contributed by atoms with Gasteiger partial charge in [0, 0.05) is 31.0 Å². The molecule has 1 saturated heterocycles. The highest BCUT2D eigenvalue weighted by Gasteiger charge is 2.47. The maximum Gasteiger partial charge on any atom is 0.246 e. The van der Waals surface area contributed by atoms with Gasteiger partial charge in [0.05, 0.1) is 24.2 Å². The second-order valence-corrected chi connectivity index (χ2v) is 21.2. The molecule has 3 aromatic rings. The number of likely N-dealkylation sites (N-methyl/N-ethyl adjacent to an activating group) is 2. The van der Waals surface area contributed by atoms with Gasteiger partial charge in [-0.1, -0.05) is 102 Å². The smallest absolute Gasteiger partial charge is 0.246 e. The molecule has 9 atom stereocenters. The van der Waals surface area contributed by atoms with Crippen LogP contribution in [-0.2, 0) is 48.2 Å². The first-order valence-corrected chi connectivity index (χ1v) is 24.1. The first kappa shape index (κ1) is 51.7. The fourth-order valence-corrected chi connectivity index (χ4v) is 9.70. The number of benzene rings is 3. The lowest BCUT2D eigenvalue weighted by molar-refractivity contribution is -0.147. The zero-order chi connectivity index (χ0) is 49.8. The quantitative estimate of drug-likeness (QED) is 0.129. The minimum atomic E-state index is -1.01. The van der Waals surface area contributed by atoms with Gasteiger partial charge >= 0.3 is 0 Å². The highest BCUT2D eigenvalue weighted by molar-refractivity contribution is 5.95. The summed E-state index contributed by atoms with van der Waals surface area (Å²) in [5, 5.41) is 18.1. The Balaban J connectivity index is 1.35. The van der Waals surface area contributed by atoms with Crippen molar-refractivity contribution >= 4 is 35.4 Å². The van der Waals surface area contributed by atoms with Gasteiger partial charge in [-0.3, -0.25) is 28.8 Å². The molecule has 0 unspecified atom stereocenters. The molecule has 1 fully saturated rings. The molecule has 0 radical (unpaired) electrons. The summed E-state index contributed by atoms with van der Waals surface area (Å²) in [5.74, 6) is -2.98. The number of carbonyl (C=O) groups is 6. The van der Waals surface area contributed by atoms with Gasteiger partial charge < -0.3 is 41.7 Å². The number of nitrogens with one attached hydrogen (secondary N) is 6. The molecular formula is C53H73FN8O6. The third kappa shape index (κ3) is 11.6. The van der Waals surface area contributed by atoms with Gasteiger partial charge in [-0.25, -0.2) is 4.39 Å². The summed E-state index contributed by atoms with van der Waals surface area (Å²) in [6.07, 6.45) is 3.07. The molecule has 68 heavy (non-hydrogen) atoms. The number of amides is 6. The summed E-state index contributed by atoms with van der Waals surface area (Å²) >= 11 is 0. The molecule has 0 spiro atoms. The Bertz CT molecular complexity index is 2360. The molecule has 0 bridgehead atoms. The zero-order valence-corrected chi connectivity index (χ0v) is 41.7. The van der Waals surface area contributed by atoms with E-state index in [0.29, 0.717) is 12.0 Å². The van der Waals surface area contributed by atoms with Crippen molar-refractivity contribution in [3.8, 4) is 0 Å². The fourth-order valence-electron chi connectivity index (χ4n) is 9.70. The lowest BCUT2D eigenvalue weighted by Gasteiger charge is -2.41. The molecule has 1 aliphatic carbocycles. The minimum absolute atomic E-state index is 0.0281. The molecule has 2 heterocycles. The third-order valence-corrected chi connectivity index (χ3v) is 14.2. The highest BCUT2D eigenvalue weighted by Crippen LogP contribution is 2.38. The molecule has 15 heteroatoms. The fraction of sp³-hybridized carbons (Fsp3) is 0.547. The number of carbonyl (C=O) groups excluding carboxylic acids is 6. The number of aryl methyl sites for hydroxylation is 1. The Hall–Kier alpha value is -5.67. The van der Waals surface area contributed by atoms with E-state index < -0.39 is 70.8 Å². The van der Waals surface area contributed by atoms with Crippen LogP contribution in [0, 0.1) is 16.6 Å². The van der Waals surface area contributed by atoms with Crippen LogP contribution in [0.1, 0.15) is 133 Å². The number of rotatable bonds is 14. The molecule has 6 N–H and O–H groups in total. The Morgan fingerprint density at radius 1 is 0.676 bits per heavy atom. The van der Waals surface area contributed by atoms with Crippen molar-refractivity contribution in [2.24, 2.45) is 10.8 Å². The van der Waals surface area contributed by atoms with Gasteiger partial charge in [-0.2, -0.15) is 0 Å². The maximum atomic E-state index is 15.0. The summed E-state index contributed by atoms with van der Waals surface area (Å²) in [7, 11) is 3.34. The first-order chi connectivity index (χ1) is 32.0. The second kappa shape index (κ2) is 21.3. The Morgan fingerprint density at radius 2 is 1.26 bits per heavy atom. The molecule has 0 saturated carbocycles. The molecule has 2 aliphatic heterocycles. The van der Waals surface area contributed by atoms with E-state index in [2.05, 4.69) is 38.0 Å². The highest BCUT2D eigenvalue weighted by atomic mass is 19.1. The second-order valence-electron chi connectivity index (χ2n) is 21.2. The van der Waals surface area contributed by atoms with Crippen LogP contribution in [0.5, 0.6) is 0 Å². The summed E-state index contributed by atoms with van der Waals surface area (Å²) in [5.41, 5.74) is 3.60. The summed E-state index contributed by atoms with van der Waals surface area (Å²) in [6, 6.07) is 14.4. The number of fused-ring (bicyclic) bond motifs is 2. The Kier molecular flexibility index (Phi) is 16.2.